The summed E-state index contributed by atoms with van der Waals surface area (Å²) in [5.41, 5.74) is 3.57. The Morgan fingerprint density at radius 2 is 1.74 bits per heavy atom. The summed E-state index contributed by atoms with van der Waals surface area (Å²) in [6.45, 7) is 1.49. The van der Waals surface area contributed by atoms with E-state index in [1.165, 1.54) is 16.8 Å². The van der Waals surface area contributed by atoms with Crippen LogP contribution in [-0.4, -0.2) is 47.9 Å². The van der Waals surface area contributed by atoms with E-state index in [-0.39, 0.29) is 0 Å². The van der Waals surface area contributed by atoms with Gasteiger partial charge in [-0.25, -0.2) is 0 Å². The summed E-state index contributed by atoms with van der Waals surface area (Å²) in [6.07, 6.45) is 0.858. The Morgan fingerprint density at radius 1 is 0.963 bits per heavy atom. The first-order valence-electron chi connectivity index (χ1n) is 8.99. The first kappa shape index (κ1) is 20.4. The average molecular weight is 370 g/mol. The van der Waals surface area contributed by atoms with Crippen LogP contribution in [0.1, 0.15) is 11.1 Å². The largest absolute Gasteiger partial charge is 0.493 e. The molecule has 0 aliphatic rings. The van der Waals surface area contributed by atoms with Crippen LogP contribution in [0.2, 0.25) is 0 Å². The maximum Gasteiger partial charge on any atom is 0.191 e. The van der Waals surface area contributed by atoms with E-state index in [0.717, 1.165) is 37.0 Å². The van der Waals surface area contributed by atoms with Gasteiger partial charge in [-0.15, -0.1) is 0 Å². The van der Waals surface area contributed by atoms with Crippen LogP contribution in [0.25, 0.3) is 0 Å². The highest BCUT2D eigenvalue weighted by Gasteiger charge is 2.05. The molecule has 6 nitrogen and oxygen atoms in total. The molecule has 27 heavy (non-hydrogen) atoms. The molecule has 0 bridgehead atoms. The number of rotatable bonds is 8. The lowest BCUT2D eigenvalue weighted by Gasteiger charge is -2.15. The maximum absolute atomic E-state index is 5.35. The Kier molecular flexibility index (Phi) is 7.79. The molecule has 0 aromatic heterocycles. The van der Waals surface area contributed by atoms with Crippen LogP contribution < -0.4 is 25.0 Å². The van der Waals surface area contributed by atoms with E-state index in [4.69, 9.17) is 9.47 Å². The minimum Gasteiger partial charge on any atom is -0.493 e. The van der Waals surface area contributed by atoms with E-state index in [1.54, 1.807) is 21.3 Å². The van der Waals surface area contributed by atoms with E-state index in [0.29, 0.717) is 0 Å². The molecule has 2 aromatic rings. The van der Waals surface area contributed by atoms with Crippen molar-refractivity contribution in [2.75, 3.05) is 46.8 Å². The standard InChI is InChI=1S/C21H30N4O2/c1-22-21(24-15-17-7-6-8-18(13-17)25(2)3)23-12-11-16-9-10-19(26-4)20(14-16)27-5/h6-10,13-14H,11-12,15H2,1-5H3,(H2,22,23,24). The Bertz CT molecular complexity index is 760. The smallest absolute Gasteiger partial charge is 0.191 e. The van der Waals surface area contributed by atoms with Crippen molar-refractivity contribution in [1.82, 2.24) is 10.6 Å². The third kappa shape index (κ3) is 6.09. The van der Waals surface area contributed by atoms with E-state index in [1.807, 2.05) is 32.3 Å². The molecule has 2 aromatic carbocycles. The van der Waals surface area contributed by atoms with Crippen molar-refractivity contribution in [3.63, 3.8) is 0 Å². The summed E-state index contributed by atoms with van der Waals surface area (Å²) in [6, 6.07) is 14.4. The highest BCUT2D eigenvalue weighted by atomic mass is 16.5. The Morgan fingerprint density at radius 3 is 2.41 bits per heavy atom. The van der Waals surface area contributed by atoms with E-state index < -0.39 is 0 Å². The number of hydrogen-bond donors (Lipinski definition) is 2. The normalized spacial score (nSPS) is 11.1. The molecule has 146 valence electrons. The molecular weight excluding hydrogens is 340 g/mol. The number of hydrogen-bond acceptors (Lipinski definition) is 4. The van der Waals surface area contributed by atoms with Crippen LogP contribution in [0.15, 0.2) is 47.5 Å². The van der Waals surface area contributed by atoms with Crippen LogP contribution >= 0.6 is 0 Å². The van der Waals surface area contributed by atoms with Crippen LogP contribution in [0, 0.1) is 0 Å². The summed E-state index contributed by atoms with van der Waals surface area (Å²) in [5, 5.41) is 6.70. The molecular formula is C21H30N4O2. The Hall–Kier alpha value is -2.89. The van der Waals surface area contributed by atoms with Gasteiger partial charge < -0.3 is 25.0 Å². The van der Waals surface area contributed by atoms with Crippen molar-refractivity contribution in [3.8, 4) is 11.5 Å². The third-order valence-corrected chi connectivity index (χ3v) is 4.26. The minimum atomic E-state index is 0.720. The highest BCUT2D eigenvalue weighted by Crippen LogP contribution is 2.27. The average Bonchev–Trinajstić information content (AvgIpc) is 2.70. The Labute approximate surface area is 162 Å². The molecule has 0 spiro atoms. The highest BCUT2D eigenvalue weighted by molar-refractivity contribution is 5.79. The molecule has 0 saturated heterocycles. The predicted octanol–water partition coefficient (Wildman–Crippen LogP) is 2.68. The fourth-order valence-corrected chi connectivity index (χ4v) is 2.71. The summed E-state index contributed by atoms with van der Waals surface area (Å²) in [5.74, 6) is 2.27. The van der Waals surface area contributed by atoms with Gasteiger partial charge in [-0.05, 0) is 41.8 Å². The topological polar surface area (TPSA) is 58.1 Å². The van der Waals surface area contributed by atoms with Gasteiger partial charge in [0, 0.05) is 39.9 Å². The zero-order chi connectivity index (χ0) is 19.6. The second kappa shape index (κ2) is 10.3. The van der Waals surface area contributed by atoms with Gasteiger partial charge in [-0.2, -0.15) is 0 Å². The number of benzene rings is 2. The molecule has 2 rings (SSSR count). The lowest BCUT2D eigenvalue weighted by molar-refractivity contribution is 0.354. The first-order chi connectivity index (χ1) is 13.1. The molecule has 0 aliphatic carbocycles. The molecule has 2 N–H and O–H groups in total. The first-order valence-corrected chi connectivity index (χ1v) is 8.99. The maximum atomic E-state index is 5.35. The van der Waals surface area contributed by atoms with E-state index >= 15 is 0 Å². The van der Waals surface area contributed by atoms with E-state index in [2.05, 4.69) is 44.8 Å². The fraction of sp³-hybridized carbons (Fsp3) is 0.381. The van der Waals surface area contributed by atoms with Crippen molar-refractivity contribution in [2.24, 2.45) is 4.99 Å². The van der Waals surface area contributed by atoms with Crippen LogP contribution in [0.3, 0.4) is 0 Å². The molecule has 0 amide bonds. The fourth-order valence-electron chi connectivity index (χ4n) is 2.71. The van der Waals surface area contributed by atoms with Gasteiger partial charge in [-0.3, -0.25) is 4.99 Å². The van der Waals surface area contributed by atoms with Gasteiger partial charge in [0.05, 0.1) is 14.2 Å². The zero-order valence-corrected chi connectivity index (χ0v) is 16.9. The summed E-state index contributed by atoms with van der Waals surface area (Å²) < 4.78 is 10.6. The summed E-state index contributed by atoms with van der Waals surface area (Å²) in [7, 11) is 9.16. The Balaban J connectivity index is 1.85. The molecule has 0 unspecified atom stereocenters. The van der Waals surface area contributed by atoms with Crippen molar-refractivity contribution >= 4 is 11.6 Å². The number of anilines is 1. The van der Waals surface area contributed by atoms with Crippen LogP contribution in [0.4, 0.5) is 5.69 Å². The summed E-state index contributed by atoms with van der Waals surface area (Å²) in [4.78, 5) is 6.39. The van der Waals surface area contributed by atoms with Crippen molar-refractivity contribution in [3.05, 3.63) is 53.6 Å². The van der Waals surface area contributed by atoms with Gasteiger partial charge in [0.2, 0.25) is 0 Å². The third-order valence-electron chi connectivity index (χ3n) is 4.26. The SMILES string of the molecule is CN=C(NCCc1ccc(OC)c(OC)c1)NCc1cccc(N(C)C)c1. The van der Waals surface area contributed by atoms with Gasteiger partial charge in [-0.1, -0.05) is 18.2 Å². The second-order valence-electron chi connectivity index (χ2n) is 6.36. The summed E-state index contributed by atoms with van der Waals surface area (Å²) >= 11 is 0. The molecule has 0 saturated carbocycles. The van der Waals surface area contributed by atoms with Gasteiger partial charge in [0.1, 0.15) is 0 Å². The van der Waals surface area contributed by atoms with Gasteiger partial charge in [0.25, 0.3) is 0 Å². The lowest BCUT2D eigenvalue weighted by Crippen LogP contribution is -2.37. The second-order valence-corrected chi connectivity index (χ2v) is 6.36. The monoisotopic (exact) mass is 370 g/mol. The molecule has 0 radical (unpaired) electrons. The number of ether oxygens (including phenoxy) is 2. The quantitative estimate of drug-likeness (QED) is 0.553. The van der Waals surface area contributed by atoms with Gasteiger partial charge >= 0.3 is 0 Å². The van der Waals surface area contributed by atoms with Crippen molar-refractivity contribution in [2.45, 2.75) is 13.0 Å². The number of nitrogens with zero attached hydrogens (tertiary/aromatic N) is 2. The van der Waals surface area contributed by atoms with Crippen molar-refractivity contribution in [1.29, 1.82) is 0 Å². The molecule has 0 aliphatic heterocycles. The number of methoxy groups -OCH3 is 2. The molecule has 0 heterocycles. The van der Waals surface area contributed by atoms with Crippen LogP contribution in [0.5, 0.6) is 11.5 Å². The number of guanidine groups is 1. The lowest BCUT2D eigenvalue weighted by atomic mass is 10.1. The zero-order valence-electron chi connectivity index (χ0n) is 16.9. The molecule has 6 heteroatoms. The van der Waals surface area contributed by atoms with Gasteiger partial charge in [0.15, 0.2) is 17.5 Å². The van der Waals surface area contributed by atoms with Crippen molar-refractivity contribution < 1.29 is 9.47 Å². The predicted molar refractivity (Wildman–Crippen MR) is 112 cm³/mol. The number of aliphatic imine (C=N–C) groups is 1. The van der Waals surface area contributed by atoms with Crippen LogP contribution in [-0.2, 0) is 13.0 Å². The number of nitrogens with one attached hydrogen (secondary N) is 2. The molecule has 0 fully saturated rings. The van der Waals surface area contributed by atoms with E-state index in [9.17, 15) is 0 Å². The minimum absolute atomic E-state index is 0.720. The molecule has 0 atom stereocenters.